The maximum absolute atomic E-state index is 12.5. The van der Waals surface area contributed by atoms with Crippen LogP contribution in [0.3, 0.4) is 0 Å². The van der Waals surface area contributed by atoms with Gasteiger partial charge in [0, 0.05) is 45.6 Å². The summed E-state index contributed by atoms with van der Waals surface area (Å²) in [4.78, 5) is 26.0. The zero-order chi connectivity index (χ0) is 23.6. The minimum absolute atomic E-state index is 0.0265. The molecule has 33 heavy (non-hydrogen) atoms. The molecule has 3 rings (SSSR count). The van der Waals surface area contributed by atoms with Crippen LogP contribution in [-0.4, -0.2) is 69.6 Å². The Bertz CT molecular complexity index is 905. The highest BCUT2D eigenvalue weighted by atomic mass is 32.2. The number of rotatable bonds is 12. The van der Waals surface area contributed by atoms with Gasteiger partial charge in [-0.2, -0.15) is 0 Å². The fraction of sp³-hybridized carbons (Fsp3) is 0.565. The van der Waals surface area contributed by atoms with Crippen molar-refractivity contribution in [3.8, 4) is 0 Å². The van der Waals surface area contributed by atoms with E-state index in [2.05, 4.69) is 46.4 Å². The number of thioether (sulfide) groups is 1. The van der Waals surface area contributed by atoms with E-state index in [0.717, 1.165) is 32.0 Å². The number of primary amides is 1. The number of hydrogen-bond donors (Lipinski definition) is 2. The molecular formula is C23H34N6O3S. The third-order valence-corrected chi connectivity index (χ3v) is 6.23. The lowest BCUT2D eigenvalue weighted by Crippen LogP contribution is -2.47. The standard InChI is InChI=1S/C23H34N6O3S/c1-17(2)13-29-21(9-8-20(24)30)26-27-23(29)33-16-22(31)25-12-19-15-28(10-11-32-19)14-18-6-4-3-5-7-18/h3-7,17,19H,8-16H2,1-2H3,(H2,24,30)(H,25,31). The number of nitrogens with zero attached hydrogens (tertiary/aromatic N) is 4. The van der Waals surface area contributed by atoms with Gasteiger partial charge in [0.25, 0.3) is 0 Å². The van der Waals surface area contributed by atoms with Crippen LogP contribution in [0.5, 0.6) is 0 Å². The number of aryl methyl sites for hydroxylation is 1. The number of morpholine rings is 1. The Labute approximate surface area is 199 Å². The highest BCUT2D eigenvalue weighted by Gasteiger charge is 2.21. The van der Waals surface area contributed by atoms with Gasteiger partial charge in [0.05, 0.1) is 18.5 Å². The van der Waals surface area contributed by atoms with E-state index >= 15 is 0 Å². The zero-order valence-electron chi connectivity index (χ0n) is 19.4. The van der Waals surface area contributed by atoms with Gasteiger partial charge in [-0.1, -0.05) is 55.9 Å². The molecule has 1 aliphatic rings. The predicted octanol–water partition coefficient (Wildman–Crippen LogP) is 1.46. The van der Waals surface area contributed by atoms with E-state index in [9.17, 15) is 9.59 Å². The third-order valence-electron chi connectivity index (χ3n) is 5.27. The summed E-state index contributed by atoms with van der Waals surface area (Å²) in [5, 5.41) is 12.1. The Morgan fingerprint density at radius 3 is 2.79 bits per heavy atom. The number of carbonyl (C=O) groups is 2. The lowest BCUT2D eigenvalue weighted by molar-refractivity contribution is -0.120. The van der Waals surface area contributed by atoms with Gasteiger partial charge in [0.15, 0.2) is 5.16 Å². The predicted molar refractivity (Wildman–Crippen MR) is 128 cm³/mol. The van der Waals surface area contributed by atoms with Gasteiger partial charge >= 0.3 is 0 Å². The molecule has 0 aliphatic carbocycles. The number of amides is 2. The number of hydrogen-bond acceptors (Lipinski definition) is 7. The first-order valence-corrected chi connectivity index (χ1v) is 12.4. The molecular weight excluding hydrogens is 440 g/mol. The smallest absolute Gasteiger partial charge is 0.230 e. The third kappa shape index (κ3) is 8.45. The average Bonchev–Trinajstić information content (AvgIpc) is 3.16. The molecule has 180 valence electrons. The first kappa shape index (κ1) is 25.2. The first-order valence-electron chi connectivity index (χ1n) is 11.4. The van der Waals surface area contributed by atoms with Crippen molar-refractivity contribution in [3.05, 3.63) is 41.7 Å². The SMILES string of the molecule is CC(C)Cn1c(CCC(N)=O)nnc1SCC(=O)NCC1CN(Cc2ccccc2)CCO1. The molecule has 1 saturated heterocycles. The Morgan fingerprint density at radius 1 is 1.27 bits per heavy atom. The normalized spacial score (nSPS) is 16.8. The van der Waals surface area contributed by atoms with Crippen molar-refractivity contribution in [2.45, 2.75) is 51.0 Å². The molecule has 1 fully saturated rings. The molecule has 0 saturated carbocycles. The van der Waals surface area contributed by atoms with E-state index in [-0.39, 0.29) is 30.1 Å². The Balaban J connectivity index is 1.45. The molecule has 1 aliphatic heterocycles. The molecule has 2 aromatic rings. The summed E-state index contributed by atoms with van der Waals surface area (Å²) in [6, 6.07) is 10.4. The van der Waals surface area contributed by atoms with Crippen molar-refractivity contribution < 1.29 is 14.3 Å². The monoisotopic (exact) mass is 474 g/mol. The molecule has 2 heterocycles. The molecule has 0 spiro atoms. The number of ether oxygens (including phenoxy) is 1. The van der Waals surface area contributed by atoms with E-state index in [0.29, 0.717) is 30.6 Å². The quantitative estimate of drug-likeness (QED) is 0.448. The van der Waals surface area contributed by atoms with E-state index in [1.165, 1.54) is 17.3 Å². The summed E-state index contributed by atoms with van der Waals surface area (Å²) in [7, 11) is 0. The van der Waals surface area contributed by atoms with Crippen molar-refractivity contribution in [1.82, 2.24) is 25.0 Å². The number of carbonyl (C=O) groups excluding carboxylic acids is 2. The van der Waals surface area contributed by atoms with Crippen LogP contribution in [-0.2, 0) is 33.8 Å². The average molecular weight is 475 g/mol. The lowest BCUT2D eigenvalue weighted by atomic mass is 10.2. The molecule has 1 unspecified atom stereocenters. The highest BCUT2D eigenvalue weighted by Crippen LogP contribution is 2.19. The minimum Gasteiger partial charge on any atom is -0.374 e. The minimum atomic E-state index is -0.366. The van der Waals surface area contributed by atoms with Crippen LogP contribution in [0.1, 0.15) is 31.7 Å². The van der Waals surface area contributed by atoms with Crippen LogP contribution in [0.2, 0.25) is 0 Å². The Hall–Kier alpha value is -2.43. The van der Waals surface area contributed by atoms with Crippen molar-refractivity contribution in [2.24, 2.45) is 11.7 Å². The second-order valence-electron chi connectivity index (χ2n) is 8.68. The van der Waals surface area contributed by atoms with Crippen LogP contribution in [0, 0.1) is 5.92 Å². The van der Waals surface area contributed by atoms with Crippen LogP contribution in [0.15, 0.2) is 35.5 Å². The maximum atomic E-state index is 12.5. The van der Waals surface area contributed by atoms with Crippen LogP contribution in [0.25, 0.3) is 0 Å². The van der Waals surface area contributed by atoms with Gasteiger partial charge in [-0.05, 0) is 11.5 Å². The summed E-state index contributed by atoms with van der Waals surface area (Å²) in [5.74, 6) is 0.909. The number of nitrogens with two attached hydrogens (primary N) is 1. The molecule has 2 amide bonds. The van der Waals surface area contributed by atoms with Crippen molar-refractivity contribution in [1.29, 1.82) is 0 Å². The number of nitrogens with one attached hydrogen (secondary N) is 1. The van der Waals surface area contributed by atoms with Crippen LogP contribution in [0.4, 0.5) is 0 Å². The first-order chi connectivity index (χ1) is 15.9. The largest absolute Gasteiger partial charge is 0.374 e. The molecule has 1 atom stereocenters. The van der Waals surface area contributed by atoms with E-state index in [1.54, 1.807) is 0 Å². The van der Waals surface area contributed by atoms with Gasteiger partial charge < -0.3 is 20.4 Å². The van der Waals surface area contributed by atoms with Gasteiger partial charge in [-0.15, -0.1) is 10.2 Å². The fourth-order valence-electron chi connectivity index (χ4n) is 3.69. The Morgan fingerprint density at radius 2 is 2.06 bits per heavy atom. The zero-order valence-corrected chi connectivity index (χ0v) is 20.2. The van der Waals surface area contributed by atoms with Gasteiger partial charge in [-0.25, -0.2) is 0 Å². The summed E-state index contributed by atoms with van der Waals surface area (Å²) in [6.45, 7) is 8.62. The van der Waals surface area contributed by atoms with Crippen molar-refractivity contribution in [3.63, 3.8) is 0 Å². The molecule has 1 aromatic carbocycles. The van der Waals surface area contributed by atoms with Crippen molar-refractivity contribution >= 4 is 23.6 Å². The molecule has 10 heteroatoms. The second kappa shape index (κ2) is 12.7. The lowest BCUT2D eigenvalue weighted by Gasteiger charge is -2.33. The van der Waals surface area contributed by atoms with Gasteiger partial charge in [-0.3, -0.25) is 14.5 Å². The molecule has 0 radical (unpaired) electrons. The van der Waals surface area contributed by atoms with E-state index in [4.69, 9.17) is 10.5 Å². The highest BCUT2D eigenvalue weighted by molar-refractivity contribution is 7.99. The summed E-state index contributed by atoms with van der Waals surface area (Å²) < 4.78 is 7.83. The van der Waals surface area contributed by atoms with Crippen LogP contribution < -0.4 is 11.1 Å². The summed E-state index contributed by atoms with van der Waals surface area (Å²) >= 11 is 1.35. The van der Waals surface area contributed by atoms with E-state index < -0.39 is 0 Å². The van der Waals surface area contributed by atoms with E-state index in [1.807, 2.05) is 22.8 Å². The molecule has 0 bridgehead atoms. The number of benzene rings is 1. The molecule has 1 aromatic heterocycles. The fourth-order valence-corrected chi connectivity index (χ4v) is 4.49. The second-order valence-corrected chi connectivity index (χ2v) is 9.62. The number of aromatic nitrogens is 3. The molecule has 9 nitrogen and oxygen atoms in total. The van der Waals surface area contributed by atoms with Crippen molar-refractivity contribution in [2.75, 3.05) is 32.0 Å². The molecule has 3 N–H and O–H groups in total. The van der Waals surface area contributed by atoms with Crippen LogP contribution >= 0.6 is 11.8 Å². The van der Waals surface area contributed by atoms with Gasteiger partial charge in [0.2, 0.25) is 11.8 Å². The summed E-state index contributed by atoms with van der Waals surface area (Å²) in [6.07, 6.45) is 0.645. The van der Waals surface area contributed by atoms with Gasteiger partial charge in [0.1, 0.15) is 5.82 Å². The Kier molecular flexibility index (Phi) is 9.71. The topological polar surface area (TPSA) is 115 Å². The summed E-state index contributed by atoms with van der Waals surface area (Å²) in [5.41, 5.74) is 6.55. The maximum Gasteiger partial charge on any atom is 0.230 e.